The molecule has 0 heterocycles. The molecule has 0 radical (unpaired) electrons. The maximum absolute atomic E-state index is 12.2. The maximum atomic E-state index is 12.2. The van der Waals surface area contributed by atoms with E-state index in [2.05, 4.69) is 0 Å². The number of ketones is 2. The van der Waals surface area contributed by atoms with Crippen LogP contribution in [0, 0.1) is 10.1 Å². The second-order valence-electron chi connectivity index (χ2n) is 5.99. The highest BCUT2D eigenvalue weighted by Crippen LogP contribution is 2.33. The van der Waals surface area contributed by atoms with Crippen LogP contribution in [0.2, 0.25) is 0 Å². The van der Waals surface area contributed by atoms with Crippen LogP contribution in [0.4, 0.5) is 5.69 Å². The molecule has 0 aliphatic heterocycles. The monoisotopic (exact) mass is 321 g/mol. The van der Waals surface area contributed by atoms with Gasteiger partial charge in [0.25, 0.3) is 5.69 Å². The maximum Gasteiger partial charge on any atom is 0.273 e. The lowest BCUT2D eigenvalue weighted by Crippen LogP contribution is -2.05. The summed E-state index contributed by atoms with van der Waals surface area (Å²) in [6, 6.07) is 11.6. The topological polar surface area (TPSA) is 77.3 Å². The third-order valence-electron chi connectivity index (χ3n) is 4.10. The SMILES string of the molecule is CC(C)c1ccc(/C=C2/C(=O)C(=O)c3ccccc32)cc1[N+](=O)[O-]. The Morgan fingerprint density at radius 3 is 2.29 bits per heavy atom. The number of benzene rings is 2. The van der Waals surface area contributed by atoms with E-state index in [0.717, 1.165) is 0 Å². The Bertz CT molecular complexity index is 909. The molecule has 0 amide bonds. The summed E-state index contributed by atoms with van der Waals surface area (Å²) in [5.74, 6) is -1.10. The van der Waals surface area contributed by atoms with Gasteiger partial charge in [0.15, 0.2) is 0 Å². The molecule has 2 aromatic rings. The van der Waals surface area contributed by atoms with E-state index in [1.165, 1.54) is 6.07 Å². The highest BCUT2D eigenvalue weighted by molar-refractivity contribution is 6.64. The van der Waals surface area contributed by atoms with Gasteiger partial charge in [-0.3, -0.25) is 19.7 Å². The first-order valence-electron chi connectivity index (χ1n) is 7.58. The summed E-state index contributed by atoms with van der Waals surface area (Å²) < 4.78 is 0. The van der Waals surface area contributed by atoms with Crippen molar-refractivity contribution in [2.24, 2.45) is 0 Å². The van der Waals surface area contributed by atoms with Crippen LogP contribution in [0.1, 0.15) is 46.8 Å². The Balaban J connectivity index is 2.13. The molecule has 0 fully saturated rings. The van der Waals surface area contributed by atoms with Crippen LogP contribution in [0.15, 0.2) is 42.5 Å². The van der Waals surface area contributed by atoms with Gasteiger partial charge in [-0.15, -0.1) is 0 Å². The number of hydrogen-bond acceptors (Lipinski definition) is 4. The van der Waals surface area contributed by atoms with Gasteiger partial charge in [-0.05, 0) is 23.1 Å². The Morgan fingerprint density at radius 1 is 1.00 bits per heavy atom. The number of nitro benzene ring substituents is 1. The zero-order chi connectivity index (χ0) is 17.4. The number of fused-ring (bicyclic) bond motifs is 1. The molecule has 0 spiro atoms. The molecule has 24 heavy (non-hydrogen) atoms. The van der Waals surface area contributed by atoms with Crippen LogP contribution in [0.3, 0.4) is 0 Å². The molecule has 0 unspecified atom stereocenters. The summed E-state index contributed by atoms with van der Waals surface area (Å²) in [7, 11) is 0. The van der Waals surface area contributed by atoms with Gasteiger partial charge in [0, 0.05) is 22.8 Å². The van der Waals surface area contributed by atoms with Crippen LogP contribution in [-0.2, 0) is 4.79 Å². The Labute approximate surface area is 138 Å². The first kappa shape index (κ1) is 15.8. The molecule has 2 aromatic carbocycles. The molecule has 1 aliphatic carbocycles. The number of carbonyl (C=O) groups excluding carboxylic acids is 2. The number of carbonyl (C=O) groups is 2. The van der Waals surface area contributed by atoms with Gasteiger partial charge >= 0.3 is 0 Å². The largest absolute Gasteiger partial charge is 0.285 e. The molecule has 0 bridgehead atoms. The van der Waals surface area contributed by atoms with Crippen molar-refractivity contribution in [2.45, 2.75) is 19.8 Å². The second kappa shape index (κ2) is 5.85. The minimum absolute atomic E-state index is 0.0162. The Morgan fingerprint density at radius 2 is 1.67 bits per heavy atom. The lowest BCUT2D eigenvalue weighted by atomic mass is 9.97. The van der Waals surface area contributed by atoms with Gasteiger partial charge in [-0.1, -0.05) is 50.2 Å². The van der Waals surface area contributed by atoms with E-state index in [-0.39, 0.29) is 17.2 Å². The molecule has 0 aromatic heterocycles. The van der Waals surface area contributed by atoms with Crippen molar-refractivity contribution in [3.05, 3.63) is 74.8 Å². The fourth-order valence-electron chi connectivity index (χ4n) is 2.89. The van der Waals surface area contributed by atoms with Gasteiger partial charge in [0.2, 0.25) is 11.6 Å². The second-order valence-corrected chi connectivity index (χ2v) is 5.99. The normalized spacial score (nSPS) is 15.2. The summed E-state index contributed by atoms with van der Waals surface area (Å²) in [5.41, 5.74) is 2.41. The van der Waals surface area contributed by atoms with E-state index in [4.69, 9.17) is 0 Å². The number of allylic oxidation sites excluding steroid dienone is 1. The van der Waals surface area contributed by atoms with Crippen LogP contribution >= 0.6 is 0 Å². The van der Waals surface area contributed by atoms with Crippen molar-refractivity contribution < 1.29 is 14.5 Å². The molecule has 3 rings (SSSR count). The molecule has 0 saturated heterocycles. The van der Waals surface area contributed by atoms with Crippen LogP contribution in [0.25, 0.3) is 11.6 Å². The van der Waals surface area contributed by atoms with Crippen LogP contribution < -0.4 is 0 Å². The predicted molar refractivity (Wildman–Crippen MR) is 90.8 cm³/mol. The van der Waals surface area contributed by atoms with Crippen LogP contribution in [0.5, 0.6) is 0 Å². The molecule has 0 atom stereocenters. The molecule has 5 nitrogen and oxygen atoms in total. The Hall–Kier alpha value is -3.08. The highest BCUT2D eigenvalue weighted by Gasteiger charge is 2.32. The molecule has 5 heteroatoms. The molecule has 0 N–H and O–H groups in total. The van der Waals surface area contributed by atoms with Gasteiger partial charge in [0.05, 0.1) is 4.92 Å². The van der Waals surface area contributed by atoms with Crippen molar-refractivity contribution in [3.8, 4) is 0 Å². The highest BCUT2D eigenvalue weighted by atomic mass is 16.6. The predicted octanol–water partition coefficient (Wildman–Crippen LogP) is 4.02. The number of hydrogen-bond donors (Lipinski definition) is 0. The third-order valence-corrected chi connectivity index (χ3v) is 4.10. The Kier molecular flexibility index (Phi) is 3.85. The summed E-state index contributed by atoms with van der Waals surface area (Å²) >= 11 is 0. The minimum atomic E-state index is -0.577. The number of Topliss-reactive ketones (excluding diaryl/α,β-unsaturated/α-hetero) is 2. The van der Waals surface area contributed by atoms with Gasteiger partial charge in [-0.2, -0.15) is 0 Å². The lowest BCUT2D eigenvalue weighted by molar-refractivity contribution is -0.385. The summed E-state index contributed by atoms with van der Waals surface area (Å²) in [4.78, 5) is 35.1. The zero-order valence-electron chi connectivity index (χ0n) is 13.3. The molecule has 1 aliphatic rings. The molecule has 120 valence electrons. The number of rotatable bonds is 3. The molecular weight excluding hydrogens is 306 g/mol. The van der Waals surface area contributed by atoms with E-state index in [1.54, 1.807) is 42.5 Å². The van der Waals surface area contributed by atoms with E-state index in [1.807, 2.05) is 13.8 Å². The summed E-state index contributed by atoms with van der Waals surface area (Å²) in [5, 5.41) is 11.3. The van der Waals surface area contributed by atoms with E-state index in [0.29, 0.717) is 22.3 Å². The zero-order valence-corrected chi connectivity index (χ0v) is 13.3. The molecular formula is C19H15NO4. The first-order chi connectivity index (χ1) is 11.4. The van der Waals surface area contributed by atoms with E-state index >= 15 is 0 Å². The van der Waals surface area contributed by atoms with Crippen molar-refractivity contribution >= 4 is 28.9 Å². The van der Waals surface area contributed by atoms with E-state index < -0.39 is 16.5 Å². The lowest BCUT2D eigenvalue weighted by Gasteiger charge is -2.07. The summed E-state index contributed by atoms with van der Waals surface area (Å²) in [6.45, 7) is 3.77. The summed E-state index contributed by atoms with van der Waals surface area (Å²) in [6.07, 6.45) is 1.54. The van der Waals surface area contributed by atoms with Gasteiger partial charge in [0.1, 0.15) is 0 Å². The average molecular weight is 321 g/mol. The van der Waals surface area contributed by atoms with Crippen molar-refractivity contribution in [2.75, 3.05) is 0 Å². The fourth-order valence-corrected chi connectivity index (χ4v) is 2.89. The number of nitro groups is 1. The third kappa shape index (κ3) is 2.54. The molecule has 0 saturated carbocycles. The van der Waals surface area contributed by atoms with Gasteiger partial charge < -0.3 is 0 Å². The standard InChI is InChI=1S/C19H15NO4/c1-11(2)13-8-7-12(10-17(13)20(23)24)9-16-14-5-3-4-6-15(14)18(21)19(16)22/h3-11H,1-2H3/b16-9+. The minimum Gasteiger partial charge on any atom is -0.285 e. The van der Waals surface area contributed by atoms with E-state index in [9.17, 15) is 19.7 Å². The van der Waals surface area contributed by atoms with Crippen molar-refractivity contribution in [1.82, 2.24) is 0 Å². The average Bonchev–Trinajstić information content (AvgIpc) is 2.80. The van der Waals surface area contributed by atoms with Crippen molar-refractivity contribution in [1.29, 1.82) is 0 Å². The quantitative estimate of drug-likeness (QED) is 0.370. The van der Waals surface area contributed by atoms with Crippen molar-refractivity contribution in [3.63, 3.8) is 0 Å². The fraction of sp³-hybridized carbons (Fsp3) is 0.158. The smallest absolute Gasteiger partial charge is 0.273 e. The van der Waals surface area contributed by atoms with Crippen LogP contribution in [-0.4, -0.2) is 16.5 Å². The van der Waals surface area contributed by atoms with Gasteiger partial charge in [-0.25, -0.2) is 0 Å². The first-order valence-corrected chi connectivity index (χ1v) is 7.58. The number of nitrogens with zero attached hydrogens (tertiary/aromatic N) is 1.